The molecule has 1 unspecified atom stereocenters. The quantitative estimate of drug-likeness (QED) is 0.785. The maximum atomic E-state index is 4.11. The number of nitrogens with zero attached hydrogens (tertiary/aromatic N) is 3. The van der Waals surface area contributed by atoms with E-state index in [0.29, 0.717) is 0 Å². The molecule has 1 aromatic heterocycles. The van der Waals surface area contributed by atoms with Gasteiger partial charge in [0.2, 0.25) is 0 Å². The molecule has 0 aliphatic carbocycles. The van der Waals surface area contributed by atoms with Gasteiger partial charge in [-0.15, -0.1) is 0 Å². The molecule has 0 aliphatic heterocycles. The number of anilines is 1. The minimum absolute atomic E-state index is 0.268. The van der Waals surface area contributed by atoms with Gasteiger partial charge in [0.05, 0.1) is 18.1 Å². The molecule has 100 valence electrons. The summed E-state index contributed by atoms with van der Waals surface area (Å²) < 4.78 is 0. The van der Waals surface area contributed by atoms with Crippen LogP contribution in [0.15, 0.2) is 67.0 Å². The monoisotopic (exact) mass is 264 g/mol. The highest BCUT2D eigenvalue weighted by atomic mass is 15.5. The van der Waals surface area contributed by atoms with Crippen LogP contribution < -0.4 is 5.32 Å². The van der Waals surface area contributed by atoms with E-state index >= 15 is 0 Å². The second-order valence-electron chi connectivity index (χ2n) is 4.64. The summed E-state index contributed by atoms with van der Waals surface area (Å²) in [6.07, 6.45) is 3.34. The van der Waals surface area contributed by atoms with Crippen LogP contribution in [-0.4, -0.2) is 15.0 Å². The van der Waals surface area contributed by atoms with E-state index in [2.05, 4.69) is 46.7 Å². The molecule has 4 nitrogen and oxygen atoms in total. The predicted molar refractivity (Wildman–Crippen MR) is 79.8 cm³/mol. The van der Waals surface area contributed by atoms with Gasteiger partial charge in [0, 0.05) is 11.7 Å². The van der Waals surface area contributed by atoms with Gasteiger partial charge in [0.25, 0.3) is 0 Å². The Morgan fingerprint density at radius 2 is 1.55 bits per heavy atom. The van der Waals surface area contributed by atoms with Crippen molar-refractivity contribution in [3.8, 4) is 5.69 Å². The third kappa shape index (κ3) is 2.69. The lowest BCUT2D eigenvalue weighted by molar-refractivity contribution is 0.752. The van der Waals surface area contributed by atoms with Gasteiger partial charge >= 0.3 is 0 Å². The normalized spacial score (nSPS) is 12.1. The van der Waals surface area contributed by atoms with Crippen molar-refractivity contribution in [3.63, 3.8) is 0 Å². The van der Waals surface area contributed by atoms with Gasteiger partial charge in [0.15, 0.2) is 0 Å². The molecule has 20 heavy (non-hydrogen) atoms. The van der Waals surface area contributed by atoms with E-state index in [9.17, 15) is 0 Å². The van der Waals surface area contributed by atoms with Crippen molar-refractivity contribution in [1.29, 1.82) is 0 Å². The molecule has 1 atom stereocenters. The molecule has 0 saturated heterocycles. The molecule has 4 heteroatoms. The fraction of sp³-hybridized carbons (Fsp3) is 0.125. The summed E-state index contributed by atoms with van der Waals surface area (Å²) in [4.78, 5) is 1.60. The number of hydrogen-bond acceptors (Lipinski definition) is 3. The molecular formula is C16H16N4. The van der Waals surface area contributed by atoms with E-state index in [4.69, 9.17) is 0 Å². The van der Waals surface area contributed by atoms with Crippen LogP contribution in [0.1, 0.15) is 18.5 Å². The Balaban J connectivity index is 1.72. The average Bonchev–Trinajstić information content (AvgIpc) is 3.03. The van der Waals surface area contributed by atoms with Gasteiger partial charge in [-0.3, -0.25) is 0 Å². The first-order valence-corrected chi connectivity index (χ1v) is 6.61. The molecule has 0 radical (unpaired) electrons. The Morgan fingerprint density at radius 3 is 2.20 bits per heavy atom. The largest absolute Gasteiger partial charge is 0.379 e. The van der Waals surface area contributed by atoms with Gasteiger partial charge in [-0.1, -0.05) is 30.3 Å². The van der Waals surface area contributed by atoms with Crippen LogP contribution >= 0.6 is 0 Å². The third-order valence-electron chi connectivity index (χ3n) is 3.20. The summed E-state index contributed by atoms with van der Waals surface area (Å²) in [5.74, 6) is 0. The summed E-state index contributed by atoms with van der Waals surface area (Å²) in [5.41, 5.74) is 3.30. The van der Waals surface area contributed by atoms with E-state index in [0.717, 1.165) is 11.4 Å². The van der Waals surface area contributed by atoms with Gasteiger partial charge in [-0.25, -0.2) is 0 Å². The lowest BCUT2D eigenvalue weighted by atomic mass is 10.1. The fourth-order valence-electron chi connectivity index (χ4n) is 2.12. The highest BCUT2D eigenvalue weighted by Crippen LogP contribution is 2.19. The summed E-state index contributed by atoms with van der Waals surface area (Å²) in [6, 6.07) is 18.7. The maximum absolute atomic E-state index is 4.11. The molecule has 0 bridgehead atoms. The van der Waals surface area contributed by atoms with Gasteiger partial charge in [0.1, 0.15) is 0 Å². The number of nitrogens with one attached hydrogen (secondary N) is 1. The van der Waals surface area contributed by atoms with Crippen LogP contribution in [0.3, 0.4) is 0 Å². The van der Waals surface area contributed by atoms with Crippen LogP contribution in [0.2, 0.25) is 0 Å². The molecule has 0 saturated carbocycles. The number of rotatable bonds is 4. The number of hydrogen-bond donors (Lipinski definition) is 1. The summed E-state index contributed by atoms with van der Waals surface area (Å²) >= 11 is 0. The SMILES string of the molecule is CC(Nc1ccc(-n2nccn2)cc1)c1ccccc1. The first-order chi connectivity index (χ1) is 9.83. The standard InChI is InChI=1S/C16H16N4/c1-13(14-5-3-2-4-6-14)19-15-7-9-16(10-8-15)20-17-11-12-18-20/h2-13,19H,1H3. The highest BCUT2D eigenvalue weighted by Gasteiger charge is 2.04. The molecule has 0 spiro atoms. The third-order valence-corrected chi connectivity index (χ3v) is 3.20. The first-order valence-electron chi connectivity index (χ1n) is 6.61. The van der Waals surface area contributed by atoms with E-state index in [1.807, 2.05) is 30.3 Å². The number of benzene rings is 2. The molecule has 0 amide bonds. The molecule has 2 aromatic carbocycles. The maximum Gasteiger partial charge on any atom is 0.0858 e. The Labute approximate surface area is 118 Å². The molecule has 0 aliphatic rings. The minimum Gasteiger partial charge on any atom is -0.379 e. The van der Waals surface area contributed by atoms with Gasteiger partial charge < -0.3 is 5.32 Å². The van der Waals surface area contributed by atoms with Crippen LogP contribution in [0.5, 0.6) is 0 Å². The minimum atomic E-state index is 0.268. The van der Waals surface area contributed by atoms with Crippen LogP contribution in [0.4, 0.5) is 5.69 Å². The van der Waals surface area contributed by atoms with Gasteiger partial charge in [-0.05, 0) is 36.8 Å². The smallest absolute Gasteiger partial charge is 0.0858 e. The Bertz CT molecular complexity index is 645. The van der Waals surface area contributed by atoms with Crippen molar-refractivity contribution in [2.24, 2.45) is 0 Å². The lowest BCUT2D eigenvalue weighted by Gasteiger charge is -2.15. The second-order valence-corrected chi connectivity index (χ2v) is 4.64. The van der Waals surface area contributed by atoms with Crippen LogP contribution in [0.25, 0.3) is 5.69 Å². The highest BCUT2D eigenvalue weighted by molar-refractivity contribution is 5.49. The van der Waals surface area contributed by atoms with E-state index in [-0.39, 0.29) is 6.04 Å². The van der Waals surface area contributed by atoms with Crippen LogP contribution in [-0.2, 0) is 0 Å². The Hall–Kier alpha value is -2.62. The van der Waals surface area contributed by atoms with Crippen molar-refractivity contribution >= 4 is 5.69 Å². The van der Waals surface area contributed by atoms with E-state index < -0.39 is 0 Å². The molecule has 1 heterocycles. The zero-order valence-electron chi connectivity index (χ0n) is 11.3. The molecule has 3 rings (SSSR count). The summed E-state index contributed by atoms with van der Waals surface area (Å²) in [6.45, 7) is 2.15. The van der Waals surface area contributed by atoms with Gasteiger partial charge in [-0.2, -0.15) is 15.0 Å². The zero-order valence-corrected chi connectivity index (χ0v) is 11.3. The average molecular weight is 264 g/mol. The van der Waals surface area contributed by atoms with E-state index in [1.54, 1.807) is 17.2 Å². The second kappa shape index (κ2) is 5.57. The first kappa shape index (κ1) is 12.4. The zero-order chi connectivity index (χ0) is 13.8. The molecule has 1 N–H and O–H groups in total. The summed E-state index contributed by atoms with van der Waals surface area (Å²) in [7, 11) is 0. The molecule has 3 aromatic rings. The molecular weight excluding hydrogens is 248 g/mol. The number of aromatic nitrogens is 3. The van der Waals surface area contributed by atoms with Crippen molar-refractivity contribution < 1.29 is 0 Å². The van der Waals surface area contributed by atoms with Crippen LogP contribution in [0, 0.1) is 0 Å². The Morgan fingerprint density at radius 1 is 0.900 bits per heavy atom. The lowest BCUT2D eigenvalue weighted by Crippen LogP contribution is -2.06. The fourth-order valence-corrected chi connectivity index (χ4v) is 2.12. The molecule has 0 fully saturated rings. The Kier molecular flexibility index (Phi) is 3.46. The topological polar surface area (TPSA) is 42.7 Å². The summed E-state index contributed by atoms with van der Waals surface area (Å²) in [5, 5.41) is 11.7. The van der Waals surface area contributed by atoms with E-state index in [1.165, 1.54) is 5.56 Å². The van der Waals surface area contributed by atoms with Crippen molar-refractivity contribution in [2.45, 2.75) is 13.0 Å². The van der Waals surface area contributed by atoms with Crippen molar-refractivity contribution in [3.05, 3.63) is 72.6 Å². The van der Waals surface area contributed by atoms with Crippen molar-refractivity contribution in [1.82, 2.24) is 15.0 Å². The van der Waals surface area contributed by atoms with Crippen molar-refractivity contribution in [2.75, 3.05) is 5.32 Å². The predicted octanol–water partition coefficient (Wildman–Crippen LogP) is 3.44.